The molecule has 2 aromatic carbocycles. The molecule has 1 aliphatic rings. The van der Waals surface area contributed by atoms with E-state index in [0.717, 1.165) is 18.7 Å². The van der Waals surface area contributed by atoms with E-state index >= 15 is 0 Å². The molecule has 7 heteroatoms. The van der Waals surface area contributed by atoms with E-state index in [4.69, 9.17) is 0 Å². The van der Waals surface area contributed by atoms with Crippen LogP contribution in [0.5, 0.6) is 0 Å². The number of aryl methyl sites for hydroxylation is 1. The fourth-order valence-corrected chi connectivity index (χ4v) is 4.34. The van der Waals surface area contributed by atoms with Crippen molar-refractivity contribution < 1.29 is 8.42 Å². The quantitative estimate of drug-likeness (QED) is 0.663. The smallest absolute Gasteiger partial charge is 0.242 e. The van der Waals surface area contributed by atoms with Crippen LogP contribution in [0, 0.1) is 12.8 Å². The van der Waals surface area contributed by atoms with Crippen LogP contribution in [0.2, 0.25) is 0 Å². The molecule has 28 heavy (non-hydrogen) atoms. The zero-order chi connectivity index (χ0) is 20.3. The third-order valence-electron chi connectivity index (χ3n) is 5.37. The van der Waals surface area contributed by atoms with Crippen molar-refractivity contribution in [1.29, 1.82) is 0 Å². The molecule has 152 valence electrons. The maximum atomic E-state index is 12.2. The van der Waals surface area contributed by atoms with Gasteiger partial charge in [0.2, 0.25) is 10.0 Å². The molecule has 0 spiro atoms. The van der Waals surface area contributed by atoms with Crippen LogP contribution in [0.15, 0.2) is 53.4 Å². The van der Waals surface area contributed by atoms with E-state index in [9.17, 15) is 8.42 Å². The summed E-state index contributed by atoms with van der Waals surface area (Å²) in [6.07, 6.45) is 0. The highest BCUT2D eigenvalue weighted by atomic mass is 32.2. The van der Waals surface area contributed by atoms with Gasteiger partial charge in [0, 0.05) is 39.1 Å². The highest BCUT2D eigenvalue weighted by Crippen LogP contribution is 2.26. The number of benzene rings is 2. The molecule has 0 radical (unpaired) electrons. The van der Waals surface area contributed by atoms with Gasteiger partial charge in [-0.15, -0.1) is 0 Å². The Labute approximate surface area is 168 Å². The Hall–Kier alpha value is -1.77. The fourth-order valence-electron chi connectivity index (χ4n) is 3.44. The zero-order valence-electron chi connectivity index (χ0n) is 16.9. The maximum Gasteiger partial charge on any atom is 0.242 e. The van der Waals surface area contributed by atoms with Gasteiger partial charge in [-0.25, -0.2) is 18.1 Å². The molecule has 0 amide bonds. The lowest BCUT2D eigenvalue weighted by atomic mass is 9.94. The van der Waals surface area contributed by atoms with Crippen LogP contribution >= 0.6 is 0 Å². The summed E-state index contributed by atoms with van der Waals surface area (Å²) < 4.78 is 25.6. The van der Waals surface area contributed by atoms with Crippen molar-refractivity contribution in [2.45, 2.75) is 30.8 Å². The molecule has 6 nitrogen and oxygen atoms in total. The van der Waals surface area contributed by atoms with Gasteiger partial charge in [0.15, 0.2) is 0 Å². The van der Waals surface area contributed by atoms with E-state index in [1.54, 1.807) is 26.2 Å². The van der Waals surface area contributed by atoms with E-state index in [2.05, 4.69) is 54.3 Å². The number of nitrogens with zero attached hydrogens (tertiary/aromatic N) is 1. The second-order valence-electron chi connectivity index (χ2n) is 7.66. The van der Waals surface area contributed by atoms with Crippen molar-refractivity contribution in [3.05, 3.63) is 65.2 Å². The lowest BCUT2D eigenvalue weighted by molar-refractivity contribution is 0.418. The van der Waals surface area contributed by atoms with Crippen molar-refractivity contribution in [1.82, 2.24) is 20.5 Å². The maximum absolute atomic E-state index is 12.2. The molecule has 1 fully saturated rings. The Balaban J connectivity index is 1.62. The van der Waals surface area contributed by atoms with Crippen LogP contribution < -0.4 is 16.2 Å². The molecule has 3 N–H and O–H groups in total. The Morgan fingerprint density at radius 3 is 2.36 bits per heavy atom. The standard InChI is InChI=1S/C21H30N4O2S/c1-15-5-7-18(8-6-15)21-19(14-23-24-21)13-22-16(2)17-9-11-20(12-10-17)28(26,27)25(3)4/h5-12,16,19,21-24H,13-14H2,1-4H3. The van der Waals surface area contributed by atoms with Crippen LogP contribution in [-0.2, 0) is 10.0 Å². The lowest BCUT2D eigenvalue weighted by Crippen LogP contribution is -2.30. The minimum atomic E-state index is -3.39. The Bertz CT molecular complexity index is 880. The molecule has 1 heterocycles. The first-order valence-electron chi connectivity index (χ1n) is 9.60. The summed E-state index contributed by atoms with van der Waals surface area (Å²) >= 11 is 0. The third-order valence-corrected chi connectivity index (χ3v) is 7.20. The SMILES string of the molecule is Cc1ccc(C2NNCC2CNC(C)c2ccc(S(=O)(=O)N(C)C)cc2)cc1. The number of sulfonamides is 1. The predicted octanol–water partition coefficient (Wildman–Crippen LogP) is 2.36. The van der Waals surface area contributed by atoms with E-state index in [1.807, 2.05) is 12.1 Å². The Kier molecular flexibility index (Phi) is 6.52. The largest absolute Gasteiger partial charge is 0.310 e. The van der Waals surface area contributed by atoms with Crippen molar-refractivity contribution in [2.24, 2.45) is 5.92 Å². The number of nitrogens with one attached hydrogen (secondary N) is 3. The number of rotatable bonds is 7. The molecule has 0 bridgehead atoms. The van der Waals surface area contributed by atoms with Crippen LogP contribution in [-0.4, -0.2) is 39.9 Å². The van der Waals surface area contributed by atoms with Gasteiger partial charge in [-0.2, -0.15) is 0 Å². The predicted molar refractivity (Wildman–Crippen MR) is 112 cm³/mol. The number of hydrazine groups is 1. The van der Waals surface area contributed by atoms with Crippen LogP contribution in [0.3, 0.4) is 0 Å². The van der Waals surface area contributed by atoms with Gasteiger partial charge in [-0.3, -0.25) is 5.43 Å². The van der Waals surface area contributed by atoms with Gasteiger partial charge in [-0.05, 0) is 37.1 Å². The topological polar surface area (TPSA) is 73.5 Å². The summed E-state index contributed by atoms with van der Waals surface area (Å²) in [5, 5.41) is 3.59. The van der Waals surface area contributed by atoms with Gasteiger partial charge < -0.3 is 5.32 Å². The van der Waals surface area contributed by atoms with E-state index < -0.39 is 10.0 Å². The van der Waals surface area contributed by atoms with E-state index in [-0.39, 0.29) is 12.1 Å². The monoisotopic (exact) mass is 402 g/mol. The van der Waals surface area contributed by atoms with Gasteiger partial charge in [0.1, 0.15) is 0 Å². The molecule has 1 saturated heterocycles. The first kappa shape index (κ1) is 21.0. The minimum Gasteiger partial charge on any atom is -0.310 e. The van der Waals surface area contributed by atoms with Crippen molar-refractivity contribution in [2.75, 3.05) is 27.2 Å². The molecular weight excluding hydrogens is 372 g/mol. The fraction of sp³-hybridized carbons (Fsp3) is 0.429. The van der Waals surface area contributed by atoms with Crippen LogP contribution in [0.4, 0.5) is 0 Å². The second-order valence-corrected chi connectivity index (χ2v) is 9.81. The van der Waals surface area contributed by atoms with Gasteiger partial charge in [0.05, 0.1) is 10.9 Å². The summed E-state index contributed by atoms with van der Waals surface area (Å²) in [6, 6.07) is 16.2. The first-order chi connectivity index (χ1) is 13.3. The molecular formula is C21H30N4O2S. The first-order valence-corrected chi connectivity index (χ1v) is 11.0. The summed E-state index contributed by atoms with van der Waals surface area (Å²) in [6.45, 7) is 5.96. The average Bonchev–Trinajstić information content (AvgIpc) is 3.15. The second kappa shape index (κ2) is 8.71. The molecule has 2 aromatic rings. The van der Waals surface area contributed by atoms with E-state index in [0.29, 0.717) is 10.8 Å². The Morgan fingerprint density at radius 2 is 1.75 bits per heavy atom. The molecule has 0 aromatic heterocycles. The number of hydrogen-bond donors (Lipinski definition) is 3. The highest BCUT2D eigenvalue weighted by Gasteiger charge is 2.28. The van der Waals surface area contributed by atoms with Crippen LogP contribution in [0.25, 0.3) is 0 Å². The lowest BCUT2D eigenvalue weighted by Gasteiger charge is -2.22. The van der Waals surface area contributed by atoms with Crippen molar-refractivity contribution >= 4 is 10.0 Å². The molecule has 3 atom stereocenters. The van der Waals surface area contributed by atoms with Gasteiger partial charge >= 0.3 is 0 Å². The summed E-state index contributed by atoms with van der Waals surface area (Å²) in [5.41, 5.74) is 10.3. The summed E-state index contributed by atoms with van der Waals surface area (Å²) in [5.74, 6) is 0.429. The normalized spacial score (nSPS) is 21.2. The van der Waals surface area contributed by atoms with Crippen LogP contribution in [0.1, 0.15) is 35.7 Å². The van der Waals surface area contributed by atoms with Gasteiger partial charge in [0.25, 0.3) is 0 Å². The number of hydrogen-bond acceptors (Lipinski definition) is 5. The summed E-state index contributed by atoms with van der Waals surface area (Å²) in [4.78, 5) is 0.317. The Morgan fingerprint density at radius 1 is 1.11 bits per heavy atom. The van der Waals surface area contributed by atoms with Gasteiger partial charge in [-0.1, -0.05) is 42.0 Å². The highest BCUT2D eigenvalue weighted by molar-refractivity contribution is 7.89. The van der Waals surface area contributed by atoms with Crippen molar-refractivity contribution in [3.8, 4) is 0 Å². The van der Waals surface area contributed by atoms with E-state index in [1.165, 1.54) is 15.4 Å². The van der Waals surface area contributed by atoms with Crippen molar-refractivity contribution in [3.63, 3.8) is 0 Å². The minimum absolute atomic E-state index is 0.135. The third kappa shape index (κ3) is 4.61. The molecule has 0 aliphatic carbocycles. The molecule has 3 rings (SSSR count). The zero-order valence-corrected chi connectivity index (χ0v) is 17.8. The average molecular weight is 403 g/mol. The molecule has 1 aliphatic heterocycles. The molecule has 3 unspecified atom stereocenters. The molecule has 0 saturated carbocycles. The summed E-state index contributed by atoms with van der Waals surface area (Å²) in [7, 11) is -0.303.